The Morgan fingerprint density at radius 1 is 1.32 bits per heavy atom. The van der Waals surface area contributed by atoms with Gasteiger partial charge in [-0.3, -0.25) is 9.88 Å². The molecule has 1 fully saturated rings. The van der Waals surface area contributed by atoms with Crippen molar-refractivity contribution in [3.63, 3.8) is 0 Å². The summed E-state index contributed by atoms with van der Waals surface area (Å²) < 4.78 is 5.14. The van der Waals surface area contributed by atoms with Crippen LogP contribution in [0.4, 0.5) is 10.5 Å². The molecule has 3 aromatic rings. The summed E-state index contributed by atoms with van der Waals surface area (Å²) in [6.45, 7) is 0.882. The summed E-state index contributed by atoms with van der Waals surface area (Å²) in [5.41, 5.74) is 2.59. The molecule has 0 radical (unpaired) electrons. The van der Waals surface area contributed by atoms with Crippen molar-refractivity contribution in [3.05, 3.63) is 48.5 Å². The van der Waals surface area contributed by atoms with Crippen LogP contribution in [0.2, 0.25) is 0 Å². The number of anilines is 1. The minimum atomic E-state index is -0.243. The molecule has 0 bridgehead atoms. The van der Waals surface area contributed by atoms with Gasteiger partial charge in [0.05, 0.1) is 42.3 Å². The van der Waals surface area contributed by atoms with Crippen molar-refractivity contribution in [1.29, 1.82) is 0 Å². The zero-order valence-electron chi connectivity index (χ0n) is 16.0. The Morgan fingerprint density at radius 2 is 2.18 bits per heavy atom. The number of aromatic amines is 1. The van der Waals surface area contributed by atoms with Gasteiger partial charge >= 0.3 is 6.03 Å². The van der Waals surface area contributed by atoms with Gasteiger partial charge in [-0.1, -0.05) is 12.1 Å². The number of nitrogens with zero attached hydrogens (tertiary/aromatic N) is 3. The summed E-state index contributed by atoms with van der Waals surface area (Å²) in [6, 6.07) is 9.70. The molecule has 1 aromatic carbocycles. The monoisotopic (exact) mass is 380 g/mol. The molecule has 3 N–H and O–H groups in total. The van der Waals surface area contributed by atoms with Crippen molar-refractivity contribution >= 4 is 22.8 Å². The number of ether oxygens (including phenoxy) is 1. The number of H-pyrrole nitrogens is 1. The largest absolute Gasteiger partial charge is 0.495 e. The molecule has 1 aliphatic rings. The van der Waals surface area contributed by atoms with E-state index in [-0.39, 0.29) is 18.1 Å². The summed E-state index contributed by atoms with van der Waals surface area (Å²) in [4.78, 5) is 26.9. The Morgan fingerprint density at radius 3 is 3.00 bits per heavy atom. The molecular formula is C20H24N6O2. The first-order valence-corrected chi connectivity index (χ1v) is 9.34. The van der Waals surface area contributed by atoms with Crippen molar-refractivity contribution in [3.8, 4) is 5.75 Å². The molecule has 0 saturated carbocycles. The molecule has 28 heavy (non-hydrogen) atoms. The molecule has 1 saturated heterocycles. The third-order valence-corrected chi connectivity index (χ3v) is 5.14. The first-order valence-electron chi connectivity index (χ1n) is 9.34. The number of carbonyl (C=O) groups excluding carboxylic acids is 1. The topological polar surface area (TPSA) is 95.2 Å². The Kier molecular flexibility index (Phi) is 5.12. The molecule has 2 amide bonds. The van der Waals surface area contributed by atoms with Crippen LogP contribution >= 0.6 is 0 Å². The van der Waals surface area contributed by atoms with Crippen molar-refractivity contribution in [2.45, 2.75) is 24.9 Å². The fourth-order valence-electron chi connectivity index (χ4n) is 3.62. The number of para-hydroxylation sites is 2. The number of carbonyl (C=O) groups is 1. The Bertz CT molecular complexity index is 939. The predicted octanol–water partition coefficient (Wildman–Crippen LogP) is 2.92. The van der Waals surface area contributed by atoms with Gasteiger partial charge < -0.3 is 20.4 Å². The number of benzene rings is 1. The lowest BCUT2D eigenvalue weighted by molar-refractivity contribution is 0.153. The number of aromatic nitrogens is 3. The molecule has 146 valence electrons. The number of nitrogens with one attached hydrogen (secondary N) is 3. The zero-order chi connectivity index (χ0) is 19.5. The molecule has 4 rings (SSSR count). The second-order valence-electron chi connectivity index (χ2n) is 7.07. The van der Waals surface area contributed by atoms with Crippen molar-refractivity contribution < 1.29 is 9.53 Å². The maximum absolute atomic E-state index is 12.4. The number of likely N-dealkylation sites (tertiary alicyclic amines) is 1. The standard InChI is InChI=1S/C20H24N6O2/c1-26-8-7-13(22-20(27)23-14-9-15(28-2)12-21-11-14)10-18(26)19-24-16-5-3-4-6-17(16)25-19/h3-6,9,11-13,18H,7-8,10H2,1-2H3,(H,24,25)(H2,22,23,27). The number of piperidine rings is 1. The maximum atomic E-state index is 12.4. The molecule has 8 heteroatoms. The van der Waals surface area contributed by atoms with Crippen LogP contribution in [0.5, 0.6) is 5.75 Å². The van der Waals surface area contributed by atoms with Crippen LogP contribution in [0, 0.1) is 0 Å². The zero-order valence-corrected chi connectivity index (χ0v) is 16.0. The van der Waals surface area contributed by atoms with Gasteiger partial charge in [0.2, 0.25) is 0 Å². The lowest BCUT2D eigenvalue weighted by Gasteiger charge is -2.36. The molecule has 2 unspecified atom stereocenters. The molecule has 3 heterocycles. The normalized spacial score (nSPS) is 20.1. The first-order chi connectivity index (χ1) is 13.6. The number of urea groups is 1. The van der Waals surface area contributed by atoms with Crippen LogP contribution in [0.15, 0.2) is 42.7 Å². The predicted molar refractivity (Wildman–Crippen MR) is 107 cm³/mol. The number of rotatable bonds is 4. The molecule has 8 nitrogen and oxygen atoms in total. The number of hydrogen-bond acceptors (Lipinski definition) is 5. The Hall–Kier alpha value is -3.13. The SMILES string of the molecule is COc1cncc(NC(=O)NC2CCN(C)C(c3nc4ccccc4[nH]3)C2)c1. The number of hydrogen-bond donors (Lipinski definition) is 3. The average Bonchev–Trinajstić information content (AvgIpc) is 3.13. The van der Waals surface area contributed by atoms with Gasteiger partial charge in [-0.05, 0) is 32.0 Å². The van der Waals surface area contributed by atoms with E-state index in [1.165, 1.54) is 0 Å². The van der Waals surface area contributed by atoms with Gasteiger partial charge in [-0.2, -0.15) is 0 Å². The summed E-state index contributed by atoms with van der Waals surface area (Å²) >= 11 is 0. The van der Waals surface area contributed by atoms with E-state index in [0.29, 0.717) is 11.4 Å². The van der Waals surface area contributed by atoms with Crippen LogP contribution in [0.25, 0.3) is 11.0 Å². The van der Waals surface area contributed by atoms with E-state index in [4.69, 9.17) is 9.72 Å². The van der Waals surface area contributed by atoms with Gasteiger partial charge in [-0.25, -0.2) is 9.78 Å². The average molecular weight is 380 g/mol. The van der Waals surface area contributed by atoms with Crippen LogP contribution < -0.4 is 15.4 Å². The highest BCUT2D eigenvalue weighted by molar-refractivity contribution is 5.89. The second kappa shape index (κ2) is 7.85. The third-order valence-electron chi connectivity index (χ3n) is 5.14. The summed E-state index contributed by atoms with van der Waals surface area (Å²) in [5.74, 6) is 1.54. The lowest BCUT2D eigenvalue weighted by atomic mass is 9.97. The van der Waals surface area contributed by atoms with Crippen molar-refractivity contribution in [2.24, 2.45) is 0 Å². The van der Waals surface area contributed by atoms with E-state index in [1.807, 2.05) is 24.3 Å². The van der Waals surface area contributed by atoms with E-state index >= 15 is 0 Å². The van der Waals surface area contributed by atoms with Crippen LogP contribution in [-0.4, -0.2) is 52.6 Å². The van der Waals surface area contributed by atoms with Gasteiger partial charge in [0.1, 0.15) is 11.6 Å². The number of amides is 2. The van der Waals surface area contributed by atoms with Gasteiger partial charge in [0.25, 0.3) is 0 Å². The smallest absolute Gasteiger partial charge is 0.319 e. The van der Waals surface area contributed by atoms with E-state index in [0.717, 1.165) is 36.2 Å². The summed E-state index contributed by atoms with van der Waals surface area (Å²) in [6.07, 6.45) is 4.86. The molecule has 2 atom stereocenters. The quantitative estimate of drug-likeness (QED) is 0.647. The molecule has 1 aliphatic heterocycles. The minimum absolute atomic E-state index is 0.0629. The van der Waals surface area contributed by atoms with Gasteiger partial charge in [0.15, 0.2) is 0 Å². The molecule has 2 aromatic heterocycles. The van der Waals surface area contributed by atoms with Crippen molar-refractivity contribution in [2.75, 3.05) is 26.0 Å². The van der Waals surface area contributed by atoms with Gasteiger partial charge in [-0.15, -0.1) is 0 Å². The van der Waals surface area contributed by atoms with E-state index in [1.54, 1.807) is 25.6 Å². The Labute approximate surface area is 163 Å². The van der Waals surface area contributed by atoms with Crippen molar-refractivity contribution in [1.82, 2.24) is 25.2 Å². The van der Waals surface area contributed by atoms with Crippen LogP contribution in [-0.2, 0) is 0 Å². The van der Waals surface area contributed by atoms with E-state index < -0.39 is 0 Å². The second-order valence-corrected chi connectivity index (χ2v) is 7.07. The third kappa shape index (κ3) is 3.91. The fourth-order valence-corrected chi connectivity index (χ4v) is 3.62. The maximum Gasteiger partial charge on any atom is 0.319 e. The molecule has 0 spiro atoms. The minimum Gasteiger partial charge on any atom is -0.495 e. The number of pyridine rings is 1. The van der Waals surface area contributed by atoms with Crippen LogP contribution in [0.3, 0.4) is 0 Å². The molecule has 0 aliphatic carbocycles. The van der Waals surface area contributed by atoms with Gasteiger partial charge in [0, 0.05) is 18.7 Å². The fraction of sp³-hybridized carbons (Fsp3) is 0.350. The Balaban J connectivity index is 1.42. The lowest BCUT2D eigenvalue weighted by Crippen LogP contribution is -2.46. The molecular weight excluding hydrogens is 356 g/mol. The number of methoxy groups -OCH3 is 1. The number of imidazole rings is 1. The van der Waals surface area contributed by atoms with E-state index in [9.17, 15) is 4.79 Å². The van der Waals surface area contributed by atoms with Crippen LogP contribution in [0.1, 0.15) is 24.7 Å². The number of fused-ring (bicyclic) bond motifs is 1. The van der Waals surface area contributed by atoms with E-state index in [2.05, 4.69) is 32.5 Å². The highest BCUT2D eigenvalue weighted by Crippen LogP contribution is 2.29. The highest BCUT2D eigenvalue weighted by Gasteiger charge is 2.30. The summed E-state index contributed by atoms with van der Waals surface area (Å²) in [5, 5.41) is 5.89. The highest BCUT2D eigenvalue weighted by atomic mass is 16.5. The summed E-state index contributed by atoms with van der Waals surface area (Å²) in [7, 11) is 3.66. The first kappa shape index (κ1) is 18.2.